The first-order valence-corrected chi connectivity index (χ1v) is 42.6. The van der Waals surface area contributed by atoms with Gasteiger partial charge >= 0.3 is 5.97 Å². The average Bonchev–Trinajstić information content (AvgIpc) is 1.65. The van der Waals surface area contributed by atoms with Crippen LogP contribution in [0, 0.1) is 17.2 Å². The number of rotatable bonds is 54. The van der Waals surface area contributed by atoms with Gasteiger partial charge in [-0.15, -0.1) is 11.8 Å². The van der Waals surface area contributed by atoms with Crippen LogP contribution in [0.4, 0.5) is 11.8 Å². The molecule has 1 aliphatic rings. The number of esters is 1. The number of primary amides is 2. The number of unbranched alkanes of at least 4 members (excludes halogenated alkanes) is 1. The molecular weight excluding hydrogens is 1610 g/mol. The smallest absolute Gasteiger partial charge is 0.307 e. The number of benzene rings is 3. The molecule has 0 spiro atoms. The first kappa shape index (κ1) is 97.8. The fraction of sp³-hybridized carbons (Fsp3) is 0.518. The lowest BCUT2D eigenvalue weighted by Gasteiger charge is -2.31. The highest BCUT2D eigenvalue weighted by molar-refractivity contribution is 8.00. The van der Waals surface area contributed by atoms with Crippen LogP contribution in [-0.4, -0.2) is 223 Å². The summed E-state index contributed by atoms with van der Waals surface area (Å²) in [5.74, 6) is -12.0. The largest absolute Gasteiger partial charge is 0.466 e. The van der Waals surface area contributed by atoms with E-state index < -0.39 is 167 Å². The lowest BCUT2D eigenvalue weighted by Crippen LogP contribution is -2.62. The van der Waals surface area contributed by atoms with Crippen molar-refractivity contribution < 1.29 is 71.9 Å². The summed E-state index contributed by atoms with van der Waals surface area (Å²) in [5.41, 5.74) is 33.1. The SMILES string of the molecule is CCC(C)[C@H](NC(=O)[C@H](CCCCN)NC(=O)[C@@H](NC(=O)[C@H](CCC(N)=O)NC(=O)[C@H](CCCNC(=N)N)NC(=O)[C@@H](N)CSC1CC(=O)N(CCC(=O)OCCCNc2nc(NCc3ccccc3)c3ncn(C(C)C)c3n2)C1=O)C(C)CC)C(=O)N[C@@H](Cc1c[nH]c2ccccc12)C(=O)N[C@@H](Cc1ccccc1)C(=O)N[C@@H](CCC(N)=O)C(=O)NC. The monoisotopic (exact) mass is 1720 g/mol. The molecule has 3 aromatic carbocycles. The zero-order valence-electron chi connectivity index (χ0n) is 70.7. The number of H-pyrrole nitrogens is 1. The van der Waals surface area contributed by atoms with E-state index in [1.54, 1.807) is 76.6 Å². The first-order valence-electron chi connectivity index (χ1n) is 41.5. The molecule has 7 rings (SSSR count). The van der Waals surface area contributed by atoms with Gasteiger partial charge in [0.25, 0.3) is 0 Å². The Kier molecular flexibility index (Phi) is 39.4. The van der Waals surface area contributed by atoms with E-state index in [4.69, 9.17) is 43.8 Å². The number of aromatic nitrogens is 5. The molecule has 6 aromatic rings. The van der Waals surface area contributed by atoms with Gasteiger partial charge in [0, 0.05) is 94.2 Å². The lowest BCUT2D eigenvalue weighted by atomic mass is 9.95. The van der Waals surface area contributed by atoms with Gasteiger partial charge in [-0.05, 0) is 106 Å². The van der Waals surface area contributed by atoms with Gasteiger partial charge in [-0.1, -0.05) is 119 Å². The van der Waals surface area contributed by atoms with Crippen molar-refractivity contribution >= 4 is 134 Å². The van der Waals surface area contributed by atoms with Gasteiger partial charge in [0.05, 0.1) is 30.6 Å². The van der Waals surface area contributed by atoms with E-state index in [9.17, 15) is 62.3 Å². The van der Waals surface area contributed by atoms with Crippen molar-refractivity contribution in [2.24, 2.45) is 40.5 Å². The molecule has 3 unspecified atom stereocenters. The number of carbonyl (C=O) groups excluding carboxylic acids is 14. The Morgan fingerprint density at radius 1 is 0.593 bits per heavy atom. The number of fused-ring (bicyclic) bond motifs is 2. The third-order valence-corrected chi connectivity index (χ3v) is 22.3. The highest BCUT2D eigenvalue weighted by atomic mass is 32.2. The number of hydrogen-bond donors (Lipinski definition) is 19. The average molecular weight is 1730 g/mol. The molecule has 40 heteroatoms. The highest BCUT2D eigenvalue weighted by Crippen LogP contribution is 2.28. The van der Waals surface area contributed by atoms with Crippen LogP contribution < -0.4 is 92.5 Å². The number of imide groups is 1. The van der Waals surface area contributed by atoms with E-state index in [0.29, 0.717) is 77.3 Å². The molecule has 1 aliphatic heterocycles. The number of ether oxygens (including phenoxy) is 1. The minimum Gasteiger partial charge on any atom is -0.466 e. The zero-order valence-corrected chi connectivity index (χ0v) is 71.5. The van der Waals surface area contributed by atoms with Gasteiger partial charge in [-0.3, -0.25) is 77.4 Å². The molecule has 24 N–H and O–H groups in total. The van der Waals surface area contributed by atoms with Crippen molar-refractivity contribution in [3.63, 3.8) is 0 Å². The molecule has 12 atom stereocenters. The Balaban J connectivity index is 0.987. The van der Waals surface area contributed by atoms with Crippen LogP contribution >= 0.6 is 11.8 Å². The Bertz CT molecular complexity index is 4610. The van der Waals surface area contributed by atoms with E-state index in [0.717, 1.165) is 22.2 Å². The van der Waals surface area contributed by atoms with E-state index in [-0.39, 0.29) is 115 Å². The van der Waals surface area contributed by atoms with Gasteiger partial charge in [-0.2, -0.15) is 9.97 Å². The number of imidazole rings is 1. The van der Waals surface area contributed by atoms with Crippen molar-refractivity contribution in [1.29, 1.82) is 5.41 Å². The fourth-order valence-corrected chi connectivity index (χ4v) is 14.6. The first-order chi connectivity index (χ1) is 58.8. The van der Waals surface area contributed by atoms with Crippen LogP contribution in [0.5, 0.6) is 0 Å². The lowest BCUT2D eigenvalue weighted by molar-refractivity contribution is -0.145. The number of amides is 13. The summed E-state index contributed by atoms with van der Waals surface area (Å²) in [7, 11) is 1.35. The van der Waals surface area contributed by atoms with E-state index in [2.05, 4.69) is 78.8 Å². The highest BCUT2D eigenvalue weighted by Gasteiger charge is 2.41. The second kappa shape index (κ2) is 49.6. The van der Waals surface area contributed by atoms with Crippen LogP contribution in [0.1, 0.15) is 154 Å². The summed E-state index contributed by atoms with van der Waals surface area (Å²) in [4.78, 5) is 213. The Labute approximate surface area is 718 Å². The molecule has 0 bridgehead atoms. The molecule has 3 aromatic heterocycles. The number of carbonyl (C=O) groups is 14. The molecule has 123 heavy (non-hydrogen) atoms. The predicted octanol–water partition coefficient (Wildman–Crippen LogP) is 0.549. The molecule has 668 valence electrons. The minimum atomic E-state index is -1.61. The number of hydrogen-bond acceptors (Lipinski definition) is 24. The molecule has 0 saturated carbocycles. The van der Waals surface area contributed by atoms with Crippen molar-refractivity contribution in [3.8, 4) is 0 Å². The number of guanidine groups is 1. The second-order valence-electron chi connectivity index (χ2n) is 30.7. The summed E-state index contributed by atoms with van der Waals surface area (Å²) in [6.07, 6.45) is 2.83. The summed E-state index contributed by atoms with van der Waals surface area (Å²) >= 11 is 0.914. The third kappa shape index (κ3) is 30.6. The quantitative estimate of drug-likeness (QED) is 0.00815. The molecule has 0 radical (unpaired) electrons. The van der Waals surface area contributed by atoms with Crippen molar-refractivity contribution in [1.82, 2.24) is 82.6 Å². The number of anilines is 2. The zero-order chi connectivity index (χ0) is 89.8. The van der Waals surface area contributed by atoms with Crippen LogP contribution in [0.25, 0.3) is 22.1 Å². The van der Waals surface area contributed by atoms with Crippen molar-refractivity contribution in [3.05, 3.63) is 114 Å². The summed E-state index contributed by atoms with van der Waals surface area (Å²) in [5, 5.41) is 40.8. The Morgan fingerprint density at radius 2 is 1.12 bits per heavy atom. The van der Waals surface area contributed by atoms with Crippen molar-refractivity contribution in [2.75, 3.05) is 56.2 Å². The topological polar surface area (TPSA) is 609 Å². The summed E-state index contributed by atoms with van der Waals surface area (Å²) in [6.45, 7) is 11.7. The molecule has 0 aliphatic carbocycles. The van der Waals surface area contributed by atoms with Crippen LogP contribution in [0.3, 0.4) is 0 Å². The maximum atomic E-state index is 15.1. The molecule has 13 amide bonds. The van der Waals surface area contributed by atoms with E-state index >= 15 is 4.79 Å². The maximum absolute atomic E-state index is 15.1. The van der Waals surface area contributed by atoms with E-state index in [1.165, 1.54) is 7.05 Å². The fourth-order valence-electron chi connectivity index (χ4n) is 13.5. The number of likely N-dealkylation sites (N-methyl/N-ethyl adjacent to an activating group) is 1. The standard InChI is InChI=1S/C83H120N24O15S/c1-8-48(5)67(79(119)99-56(28-18-19-35-84)75(115)102-68(49(6)9-2)80(120)101-61(41-52-44-93-55-27-17-16-26-53(52)55)78(118)100-60(40-50-22-12-10-13-23-50)77(117)97-58(73(113)90-7)30-32-63(86)108)103-76(116)59(31-33-64(87)109)98-74(114)57(29-20-36-91-82(88)89)96-72(112)54(85)45-123-62-42-65(110)106(81(62)121)38-34-66(111)122-39-21-37-92-83-104-70(94-43-51-24-14-11-15-25-51)69-71(105-83)107(46-95-69)47(3)4/h10-17,22-27,44,46-49,54,56-62,67-68,93H,8-9,18-21,28-43,45,84-85H2,1-7H3,(H2,86,108)(H2,87,109)(H,90,113)(H,96,112)(H,97,117)(H,98,114)(H,99,119)(H,100,118)(H,101,120)(H,102,115)(H,103,116)(H4,88,89,91)(H2,92,94,104,105)/t48?,49?,54-,56-,57-,58-,59-,60-,61-,62?,67-,68-/m0/s1. The molecule has 1 fully saturated rings. The minimum absolute atomic E-state index is 0.00353. The van der Waals surface area contributed by atoms with Gasteiger partial charge in [0.2, 0.25) is 82.7 Å². The number of nitrogens with two attached hydrogens (primary N) is 5. The normalized spacial score (nSPS) is 15.3. The molecule has 4 heterocycles. The Hall–Kier alpha value is -12.3. The number of likely N-dealkylation sites (tertiary alicyclic amines) is 1. The molecular formula is C83H120N24O15S. The number of aromatic amines is 1. The number of nitrogens with one attached hydrogen (secondary N) is 14. The number of nitrogens with zero attached hydrogens (tertiary/aromatic N) is 5. The summed E-state index contributed by atoms with van der Waals surface area (Å²) < 4.78 is 7.38. The third-order valence-electron chi connectivity index (χ3n) is 21.0. The van der Waals surface area contributed by atoms with Crippen LogP contribution in [0.2, 0.25) is 0 Å². The van der Waals surface area contributed by atoms with Crippen molar-refractivity contribution in [2.45, 2.75) is 216 Å². The predicted molar refractivity (Wildman–Crippen MR) is 463 cm³/mol. The van der Waals surface area contributed by atoms with Gasteiger partial charge in [-0.25, -0.2) is 4.98 Å². The van der Waals surface area contributed by atoms with Crippen LogP contribution in [0.15, 0.2) is 97.5 Å². The van der Waals surface area contributed by atoms with Gasteiger partial charge in [0.1, 0.15) is 48.3 Å². The van der Waals surface area contributed by atoms with E-state index in [1.807, 2.05) is 66.9 Å². The van der Waals surface area contributed by atoms with Gasteiger partial charge in [0.15, 0.2) is 22.9 Å². The second-order valence-corrected chi connectivity index (χ2v) is 31.9. The van der Waals surface area contributed by atoms with Gasteiger partial charge < -0.3 is 107 Å². The van der Waals surface area contributed by atoms with Crippen LogP contribution in [-0.2, 0) is 91.2 Å². The summed E-state index contributed by atoms with van der Waals surface area (Å²) in [6, 6.07) is 13.1. The number of para-hydroxylation sites is 1. The molecule has 39 nitrogen and oxygen atoms in total. The number of thioether (sulfide) groups is 1. The Morgan fingerprint density at radius 3 is 1.71 bits per heavy atom. The maximum Gasteiger partial charge on any atom is 0.307 e. The molecule has 1 saturated heterocycles.